The zero-order valence-electron chi connectivity index (χ0n) is 16.1. The van der Waals surface area contributed by atoms with Gasteiger partial charge in [0, 0.05) is 22.8 Å². The summed E-state index contributed by atoms with van der Waals surface area (Å²) in [5, 5.41) is 6.48. The Bertz CT molecular complexity index is 1160. The van der Waals surface area contributed by atoms with Gasteiger partial charge in [-0.15, -0.1) is 0 Å². The molecule has 0 saturated carbocycles. The van der Waals surface area contributed by atoms with E-state index in [1.807, 2.05) is 55.5 Å². The third-order valence-corrected chi connectivity index (χ3v) is 5.41. The largest absolute Gasteiger partial charge is 0.489 e. The minimum absolute atomic E-state index is 0.261. The molecular weight excluding hydrogens is 385 g/mol. The standard InChI is InChI=1S/C25H21ClFNO/c1-17-23(26)10-5-11-24(17)28-15-22-21-9-3-2-7-19(21)12-13-25(22)29-16-18-6-4-8-20(27)14-18/h2-14,28H,15-16H2,1H3. The lowest BCUT2D eigenvalue weighted by atomic mass is 10.0. The highest BCUT2D eigenvalue weighted by atomic mass is 35.5. The Hall–Kier alpha value is -3.04. The molecule has 0 fully saturated rings. The minimum Gasteiger partial charge on any atom is -0.489 e. The summed E-state index contributed by atoms with van der Waals surface area (Å²) in [6.45, 7) is 2.88. The van der Waals surface area contributed by atoms with Crippen LogP contribution >= 0.6 is 11.6 Å². The average Bonchev–Trinajstić information content (AvgIpc) is 2.73. The van der Waals surface area contributed by atoms with Gasteiger partial charge in [0.05, 0.1) is 0 Å². The van der Waals surface area contributed by atoms with Gasteiger partial charge in [-0.25, -0.2) is 4.39 Å². The number of benzene rings is 4. The Morgan fingerprint density at radius 3 is 2.62 bits per heavy atom. The lowest BCUT2D eigenvalue weighted by Crippen LogP contribution is -2.05. The first-order valence-corrected chi connectivity index (χ1v) is 9.86. The zero-order valence-corrected chi connectivity index (χ0v) is 16.8. The predicted octanol–water partition coefficient (Wildman–Crippen LogP) is 7.13. The van der Waals surface area contributed by atoms with E-state index in [1.165, 1.54) is 12.1 Å². The van der Waals surface area contributed by atoms with Gasteiger partial charge in [-0.3, -0.25) is 0 Å². The second kappa shape index (κ2) is 8.54. The summed E-state index contributed by atoms with van der Waals surface area (Å²) in [6.07, 6.45) is 0. The van der Waals surface area contributed by atoms with Gasteiger partial charge in [0.2, 0.25) is 0 Å². The molecule has 2 nitrogen and oxygen atoms in total. The molecule has 146 valence electrons. The molecule has 0 heterocycles. The minimum atomic E-state index is -0.261. The van der Waals surface area contributed by atoms with Crippen LogP contribution in [0, 0.1) is 12.7 Å². The summed E-state index contributed by atoms with van der Waals surface area (Å²) in [6, 6.07) is 24.5. The summed E-state index contributed by atoms with van der Waals surface area (Å²) in [7, 11) is 0. The maximum atomic E-state index is 13.5. The Morgan fingerprint density at radius 1 is 0.931 bits per heavy atom. The van der Waals surface area contributed by atoms with Gasteiger partial charge in [-0.1, -0.05) is 60.1 Å². The molecule has 0 aliphatic rings. The van der Waals surface area contributed by atoms with Crippen LogP contribution in [-0.4, -0.2) is 0 Å². The van der Waals surface area contributed by atoms with Crippen LogP contribution < -0.4 is 10.1 Å². The highest BCUT2D eigenvalue weighted by Crippen LogP contribution is 2.31. The molecule has 0 radical (unpaired) electrons. The first-order valence-electron chi connectivity index (χ1n) is 9.48. The van der Waals surface area contributed by atoms with Crippen LogP contribution in [0.3, 0.4) is 0 Å². The molecule has 0 aliphatic heterocycles. The van der Waals surface area contributed by atoms with Crippen LogP contribution in [0.5, 0.6) is 5.75 Å². The van der Waals surface area contributed by atoms with Gasteiger partial charge < -0.3 is 10.1 Å². The second-order valence-electron chi connectivity index (χ2n) is 6.95. The van der Waals surface area contributed by atoms with Gasteiger partial charge >= 0.3 is 0 Å². The van der Waals surface area contributed by atoms with Crippen LogP contribution in [0.1, 0.15) is 16.7 Å². The molecule has 4 aromatic rings. The van der Waals surface area contributed by atoms with Crippen molar-refractivity contribution in [1.29, 1.82) is 0 Å². The third kappa shape index (κ3) is 4.36. The molecule has 0 spiro atoms. The quantitative estimate of drug-likeness (QED) is 0.368. The number of nitrogens with one attached hydrogen (secondary N) is 1. The Labute approximate surface area is 174 Å². The van der Waals surface area contributed by atoms with Gasteiger partial charge in [0.25, 0.3) is 0 Å². The SMILES string of the molecule is Cc1c(Cl)cccc1NCc1c(OCc2cccc(F)c2)ccc2ccccc12. The molecule has 29 heavy (non-hydrogen) atoms. The van der Waals surface area contributed by atoms with Crippen molar-refractivity contribution in [1.82, 2.24) is 0 Å². The second-order valence-corrected chi connectivity index (χ2v) is 7.36. The highest BCUT2D eigenvalue weighted by Gasteiger charge is 2.11. The number of anilines is 1. The van der Waals surface area contributed by atoms with Crippen molar-refractivity contribution in [3.8, 4) is 5.75 Å². The van der Waals surface area contributed by atoms with Gasteiger partial charge in [-0.05, 0) is 59.2 Å². The van der Waals surface area contributed by atoms with E-state index in [-0.39, 0.29) is 5.82 Å². The maximum absolute atomic E-state index is 13.5. The lowest BCUT2D eigenvalue weighted by Gasteiger charge is -2.17. The van der Waals surface area contributed by atoms with Crippen molar-refractivity contribution in [3.63, 3.8) is 0 Å². The molecule has 0 saturated heterocycles. The molecular formula is C25H21ClFNO. The van der Waals surface area contributed by atoms with Crippen LogP contribution in [0.4, 0.5) is 10.1 Å². The molecule has 1 N–H and O–H groups in total. The van der Waals surface area contributed by atoms with E-state index >= 15 is 0 Å². The number of hydrogen-bond donors (Lipinski definition) is 1. The van der Waals surface area contributed by atoms with Crippen LogP contribution in [0.2, 0.25) is 5.02 Å². The van der Waals surface area contributed by atoms with Crippen molar-refractivity contribution >= 4 is 28.1 Å². The van der Waals surface area contributed by atoms with E-state index in [0.29, 0.717) is 13.2 Å². The Kier molecular flexibility index (Phi) is 5.68. The molecule has 0 aromatic heterocycles. The lowest BCUT2D eigenvalue weighted by molar-refractivity contribution is 0.303. The summed E-state index contributed by atoms with van der Waals surface area (Å²) in [5.74, 6) is 0.517. The van der Waals surface area contributed by atoms with E-state index in [1.54, 1.807) is 6.07 Å². The molecule has 0 unspecified atom stereocenters. The van der Waals surface area contributed by atoms with Crippen molar-refractivity contribution < 1.29 is 9.13 Å². The average molecular weight is 406 g/mol. The molecule has 0 amide bonds. The monoisotopic (exact) mass is 405 g/mol. The zero-order chi connectivity index (χ0) is 20.2. The van der Waals surface area contributed by atoms with Crippen molar-refractivity contribution in [2.45, 2.75) is 20.1 Å². The number of halogens is 2. The normalized spacial score (nSPS) is 10.9. The van der Waals surface area contributed by atoms with Crippen molar-refractivity contribution in [2.24, 2.45) is 0 Å². The Balaban J connectivity index is 1.64. The molecule has 4 aromatic carbocycles. The van der Waals surface area contributed by atoms with Crippen LogP contribution in [-0.2, 0) is 13.2 Å². The van der Waals surface area contributed by atoms with Gasteiger partial charge in [-0.2, -0.15) is 0 Å². The molecule has 0 aliphatic carbocycles. The van der Waals surface area contributed by atoms with E-state index < -0.39 is 0 Å². The van der Waals surface area contributed by atoms with E-state index in [2.05, 4.69) is 17.4 Å². The van der Waals surface area contributed by atoms with Crippen LogP contribution in [0.15, 0.2) is 78.9 Å². The summed E-state index contributed by atoms with van der Waals surface area (Å²) >= 11 is 6.26. The maximum Gasteiger partial charge on any atom is 0.125 e. The molecule has 0 atom stereocenters. The van der Waals surface area contributed by atoms with E-state index in [0.717, 1.165) is 43.9 Å². The van der Waals surface area contributed by atoms with E-state index in [4.69, 9.17) is 16.3 Å². The highest BCUT2D eigenvalue weighted by molar-refractivity contribution is 6.31. The van der Waals surface area contributed by atoms with Gasteiger partial charge in [0.15, 0.2) is 0 Å². The smallest absolute Gasteiger partial charge is 0.125 e. The molecule has 4 heteroatoms. The van der Waals surface area contributed by atoms with Gasteiger partial charge in [0.1, 0.15) is 18.2 Å². The fraction of sp³-hybridized carbons (Fsp3) is 0.120. The third-order valence-electron chi connectivity index (χ3n) is 5.00. The van der Waals surface area contributed by atoms with Crippen molar-refractivity contribution in [3.05, 3.63) is 106 Å². The van der Waals surface area contributed by atoms with E-state index in [9.17, 15) is 4.39 Å². The Morgan fingerprint density at radius 2 is 1.76 bits per heavy atom. The fourth-order valence-electron chi connectivity index (χ4n) is 3.40. The summed E-state index contributed by atoms with van der Waals surface area (Å²) < 4.78 is 19.6. The summed E-state index contributed by atoms with van der Waals surface area (Å²) in [5.41, 5.74) is 3.85. The molecule has 0 bridgehead atoms. The number of rotatable bonds is 6. The number of hydrogen-bond acceptors (Lipinski definition) is 2. The van der Waals surface area contributed by atoms with Crippen molar-refractivity contribution in [2.75, 3.05) is 5.32 Å². The number of ether oxygens (including phenoxy) is 1. The first kappa shape index (κ1) is 19.3. The van der Waals surface area contributed by atoms with Crippen LogP contribution in [0.25, 0.3) is 10.8 Å². The molecule has 4 rings (SSSR count). The number of fused-ring (bicyclic) bond motifs is 1. The fourth-order valence-corrected chi connectivity index (χ4v) is 3.58. The summed E-state index contributed by atoms with van der Waals surface area (Å²) in [4.78, 5) is 0. The predicted molar refractivity (Wildman–Crippen MR) is 118 cm³/mol. The first-order chi connectivity index (χ1) is 14.1. The topological polar surface area (TPSA) is 21.3 Å².